The van der Waals surface area contributed by atoms with Crippen LogP contribution in [0.25, 0.3) is 11.3 Å². The largest absolute Gasteiger partial charge is 0.455 e. The SMILES string of the molecule is Cc1ccccc1C(=O)N/N=C\c1ccc(-c2cccc(C(F)(F)F)c2)o1. The van der Waals surface area contributed by atoms with E-state index in [0.29, 0.717) is 16.9 Å². The maximum absolute atomic E-state index is 12.8. The van der Waals surface area contributed by atoms with E-state index in [1.54, 1.807) is 24.3 Å². The summed E-state index contributed by atoms with van der Waals surface area (Å²) in [6.45, 7) is 1.81. The summed E-state index contributed by atoms with van der Waals surface area (Å²) in [6, 6.07) is 15.0. The van der Waals surface area contributed by atoms with Crippen molar-refractivity contribution in [2.45, 2.75) is 13.1 Å². The zero-order valence-corrected chi connectivity index (χ0v) is 14.2. The number of hydrogen-bond acceptors (Lipinski definition) is 3. The number of rotatable bonds is 4. The molecule has 0 saturated carbocycles. The van der Waals surface area contributed by atoms with Gasteiger partial charge < -0.3 is 4.42 Å². The van der Waals surface area contributed by atoms with Crippen LogP contribution in [0.4, 0.5) is 13.2 Å². The molecular weight excluding hydrogens is 357 g/mol. The van der Waals surface area contributed by atoms with Gasteiger partial charge in [0, 0.05) is 11.1 Å². The number of hydrogen-bond donors (Lipinski definition) is 1. The highest BCUT2D eigenvalue weighted by Gasteiger charge is 2.30. The molecule has 0 aliphatic carbocycles. The van der Waals surface area contributed by atoms with Crippen molar-refractivity contribution in [3.05, 3.63) is 83.1 Å². The van der Waals surface area contributed by atoms with Crippen LogP contribution in [0.5, 0.6) is 0 Å². The molecule has 0 aliphatic heterocycles. The Kier molecular flexibility index (Phi) is 5.12. The second kappa shape index (κ2) is 7.49. The van der Waals surface area contributed by atoms with Crippen LogP contribution in [0.15, 0.2) is 70.2 Å². The lowest BCUT2D eigenvalue weighted by Gasteiger charge is -2.07. The second-order valence-corrected chi connectivity index (χ2v) is 5.79. The molecule has 0 radical (unpaired) electrons. The monoisotopic (exact) mass is 372 g/mol. The van der Waals surface area contributed by atoms with Crippen molar-refractivity contribution in [3.8, 4) is 11.3 Å². The third-order valence-electron chi connectivity index (χ3n) is 3.85. The molecule has 4 nitrogen and oxygen atoms in total. The van der Waals surface area contributed by atoms with E-state index in [-0.39, 0.29) is 11.7 Å². The summed E-state index contributed by atoms with van der Waals surface area (Å²) in [5, 5.41) is 3.82. The molecule has 3 rings (SSSR count). The van der Waals surface area contributed by atoms with Crippen LogP contribution in [0.2, 0.25) is 0 Å². The van der Waals surface area contributed by atoms with Crippen LogP contribution in [0, 0.1) is 6.92 Å². The fourth-order valence-corrected chi connectivity index (χ4v) is 2.47. The average molecular weight is 372 g/mol. The molecular formula is C20H15F3N2O2. The van der Waals surface area contributed by atoms with Crippen LogP contribution in [-0.4, -0.2) is 12.1 Å². The van der Waals surface area contributed by atoms with Gasteiger partial charge in [-0.3, -0.25) is 4.79 Å². The quantitative estimate of drug-likeness (QED) is 0.515. The molecule has 1 N–H and O–H groups in total. The van der Waals surface area contributed by atoms with Crippen molar-refractivity contribution in [3.63, 3.8) is 0 Å². The number of furan rings is 1. The van der Waals surface area contributed by atoms with Gasteiger partial charge in [0.2, 0.25) is 0 Å². The molecule has 3 aromatic rings. The first kappa shape index (κ1) is 18.4. The Morgan fingerprint density at radius 2 is 1.85 bits per heavy atom. The highest BCUT2D eigenvalue weighted by molar-refractivity contribution is 5.96. The molecule has 27 heavy (non-hydrogen) atoms. The van der Waals surface area contributed by atoms with E-state index in [2.05, 4.69) is 10.5 Å². The number of halogens is 3. The maximum Gasteiger partial charge on any atom is 0.416 e. The van der Waals surface area contributed by atoms with Gasteiger partial charge in [-0.1, -0.05) is 30.3 Å². The summed E-state index contributed by atoms with van der Waals surface area (Å²) in [4.78, 5) is 12.1. The predicted molar refractivity (Wildman–Crippen MR) is 95.4 cm³/mol. The van der Waals surface area contributed by atoms with Crippen molar-refractivity contribution in [2.75, 3.05) is 0 Å². The van der Waals surface area contributed by atoms with Crippen molar-refractivity contribution in [1.29, 1.82) is 0 Å². The number of aryl methyl sites for hydroxylation is 1. The predicted octanol–water partition coefficient (Wildman–Crippen LogP) is 5.04. The van der Waals surface area contributed by atoms with Crippen LogP contribution in [0.1, 0.15) is 27.2 Å². The molecule has 0 fully saturated rings. The number of nitrogens with one attached hydrogen (secondary N) is 1. The summed E-state index contributed by atoms with van der Waals surface area (Å²) in [7, 11) is 0. The Balaban J connectivity index is 1.70. The van der Waals surface area contributed by atoms with E-state index in [0.717, 1.165) is 17.7 Å². The van der Waals surface area contributed by atoms with Gasteiger partial charge in [0.1, 0.15) is 11.5 Å². The summed E-state index contributed by atoms with van der Waals surface area (Å²) in [6.07, 6.45) is -3.14. The van der Waals surface area contributed by atoms with Crippen LogP contribution in [-0.2, 0) is 6.18 Å². The number of alkyl halides is 3. The Labute approximate surface area is 153 Å². The third-order valence-corrected chi connectivity index (χ3v) is 3.85. The molecule has 1 aromatic heterocycles. The van der Waals surface area contributed by atoms with E-state index in [1.165, 1.54) is 18.3 Å². The minimum absolute atomic E-state index is 0.271. The molecule has 0 saturated heterocycles. The molecule has 0 aliphatic rings. The van der Waals surface area contributed by atoms with E-state index < -0.39 is 11.7 Å². The first-order chi connectivity index (χ1) is 12.8. The molecule has 138 valence electrons. The van der Waals surface area contributed by atoms with Crippen molar-refractivity contribution in [2.24, 2.45) is 5.10 Å². The van der Waals surface area contributed by atoms with Gasteiger partial charge in [-0.2, -0.15) is 18.3 Å². The van der Waals surface area contributed by atoms with Crippen molar-refractivity contribution in [1.82, 2.24) is 5.43 Å². The highest BCUT2D eigenvalue weighted by Crippen LogP contribution is 2.32. The Morgan fingerprint density at radius 3 is 2.59 bits per heavy atom. The fraction of sp³-hybridized carbons (Fsp3) is 0.100. The minimum atomic E-state index is -4.42. The van der Waals surface area contributed by atoms with E-state index in [4.69, 9.17) is 4.42 Å². The topological polar surface area (TPSA) is 54.6 Å². The van der Waals surface area contributed by atoms with Crippen LogP contribution >= 0.6 is 0 Å². The van der Waals surface area contributed by atoms with E-state index in [1.807, 2.05) is 19.1 Å². The van der Waals surface area contributed by atoms with Gasteiger partial charge in [0.05, 0.1) is 11.8 Å². The van der Waals surface area contributed by atoms with Crippen LogP contribution < -0.4 is 5.43 Å². The van der Waals surface area contributed by atoms with Crippen LogP contribution in [0.3, 0.4) is 0 Å². The summed E-state index contributed by atoms with van der Waals surface area (Å²) < 4.78 is 43.9. The lowest BCUT2D eigenvalue weighted by atomic mass is 10.1. The molecule has 0 bridgehead atoms. The van der Waals surface area contributed by atoms with Crippen molar-refractivity contribution < 1.29 is 22.4 Å². The normalized spacial score (nSPS) is 11.7. The van der Waals surface area contributed by atoms with Gasteiger partial charge >= 0.3 is 6.18 Å². The number of amides is 1. The lowest BCUT2D eigenvalue weighted by Crippen LogP contribution is -2.18. The smallest absolute Gasteiger partial charge is 0.416 e. The standard InChI is InChI=1S/C20H15F3N2O2/c1-13-5-2-3-8-17(13)19(26)25-24-12-16-9-10-18(27-16)14-6-4-7-15(11-14)20(21,22)23/h2-12H,1H3,(H,25,26)/b24-12-. The number of benzene rings is 2. The van der Waals surface area contributed by atoms with Gasteiger partial charge in [0.15, 0.2) is 0 Å². The Hall–Kier alpha value is -3.35. The zero-order chi connectivity index (χ0) is 19.4. The van der Waals surface area contributed by atoms with Gasteiger partial charge in [-0.05, 0) is 42.8 Å². The maximum atomic E-state index is 12.8. The van der Waals surface area contributed by atoms with Gasteiger partial charge in [-0.15, -0.1) is 0 Å². The summed E-state index contributed by atoms with van der Waals surface area (Å²) >= 11 is 0. The Bertz CT molecular complexity index is 991. The Morgan fingerprint density at radius 1 is 1.07 bits per heavy atom. The third kappa shape index (κ3) is 4.44. The molecule has 7 heteroatoms. The number of carbonyl (C=O) groups is 1. The van der Waals surface area contributed by atoms with E-state index in [9.17, 15) is 18.0 Å². The molecule has 0 atom stereocenters. The fourth-order valence-electron chi connectivity index (χ4n) is 2.47. The lowest BCUT2D eigenvalue weighted by molar-refractivity contribution is -0.137. The molecule has 0 spiro atoms. The number of carbonyl (C=O) groups excluding carboxylic acids is 1. The van der Waals surface area contributed by atoms with Crippen molar-refractivity contribution >= 4 is 12.1 Å². The highest BCUT2D eigenvalue weighted by atomic mass is 19.4. The first-order valence-corrected chi connectivity index (χ1v) is 8.01. The first-order valence-electron chi connectivity index (χ1n) is 8.01. The average Bonchev–Trinajstić information content (AvgIpc) is 3.10. The minimum Gasteiger partial charge on any atom is -0.455 e. The molecule has 1 amide bonds. The number of hydrazone groups is 1. The number of nitrogens with zero attached hydrogens (tertiary/aromatic N) is 1. The molecule has 2 aromatic carbocycles. The second-order valence-electron chi connectivity index (χ2n) is 5.79. The van der Waals surface area contributed by atoms with E-state index >= 15 is 0 Å². The molecule has 1 heterocycles. The zero-order valence-electron chi connectivity index (χ0n) is 14.2. The summed E-state index contributed by atoms with van der Waals surface area (Å²) in [5.41, 5.74) is 3.25. The summed E-state index contributed by atoms with van der Waals surface area (Å²) in [5.74, 6) is 0.203. The van der Waals surface area contributed by atoms with Gasteiger partial charge in [-0.25, -0.2) is 5.43 Å². The van der Waals surface area contributed by atoms with Gasteiger partial charge in [0.25, 0.3) is 5.91 Å². The molecule has 0 unspecified atom stereocenters.